The average molecular weight is 472 g/mol. The van der Waals surface area contributed by atoms with Crippen molar-refractivity contribution in [1.29, 1.82) is 0 Å². The number of rotatable bonds is 4. The minimum Gasteiger partial charge on any atom is -0.490 e. The molecule has 0 fully saturated rings. The van der Waals surface area contributed by atoms with E-state index in [9.17, 15) is 0 Å². The number of aliphatic imine (C=N–C) groups is 1. The van der Waals surface area contributed by atoms with Crippen LogP contribution in [0.1, 0.15) is 30.7 Å². The van der Waals surface area contributed by atoms with Crippen LogP contribution in [-0.2, 0) is 6.54 Å². The summed E-state index contributed by atoms with van der Waals surface area (Å²) >= 11 is 0. The molecule has 0 unspecified atom stereocenters. The molecular weight excluding hydrogens is 447 g/mol. The summed E-state index contributed by atoms with van der Waals surface area (Å²) in [5.41, 5.74) is 1.77. The maximum absolute atomic E-state index is 5.73. The van der Waals surface area contributed by atoms with Gasteiger partial charge in [0.25, 0.3) is 0 Å². The van der Waals surface area contributed by atoms with E-state index >= 15 is 0 Å². The summed E-state index contributed by atoms with van der Waals surface area (Å²) in [6.07, 6.45) is 0.885. The molecule has 1 aromatic carbocycles. The number of ether oxygens (including phenoxy) is 2. The number of hydrogen-bond acceptors (Lipinski definition) is 5. The highest BCUT2D eigenvalue weighted by Crippen LogP contribution is 2.32. The van der Waals surface area contributed by atoms with Crippen LogP contribution in [-0.4, -0.2) is 30.7 Å². The van der Waals surface area contributed by atoms with E-state index in [2.05, 4.69) is 20.6 Å². The summed E-state index contributed by atoms with van der Waals surface area (Å²) in [5.74, 6) is 3.61. The molecule has 2 aromatic rings. The number of hydrogen-bond donors (Lipinski definition) is 2. The predicted molar refractivity (Wildman–Crippen MR) is 112 cm³/mol. The molecular formula is C18H25IN4O3. The maximum atomic E-state index is 5.73. The number of nitrogens with one attached hydrogen (secondary N) is 2. The molecule has 26 heavy (non-hydrogen) atoms. The Labute approximate surface area is 170 Å². The topological polar surface area (TPSA) is 80.9 Å². The van der Waals surface area contributed by atoms with Gasteiger partial charge >= 0.3 is 0 Å². The number of benzene rings is 1. The molecule has 2 N–H and O–H groups in total. The lowest BCUT2D eigenvalue weighted by Crippen LogP contribution is -2.30. The Morgan fingerprint density at radius 2 is 1.96 bits per heavy atom. The zero-order valence-corrected chi connectivity index (χ0v) is 17.6. The van der Waals surface area contributed by atoms with Crippen LogP contribution in [0.5, 0.6) is 11.5 Å². The molecule has 3 rings (SSSR count). The van der Waals surface area contributed by atoms with Gasteiger partial charge in [-0.2, -0.15) is 0 Å². The van der Waals surface area contributed by atoms with Crippen molar-refractivity contribution in [3.63, 3.8) is 0 Å². The molecule has 0 radical (unpaired) electrons. The normalized spacial score (nSPS) is 13.6. The Bertz CT molecular complexity index is 741. The second kappa shape index (κ2) is 9.65. The van der Waals surface area contributed by atoms with Crippen molar-refractivity contribution in [2.75, 3.05) is 25.1 Å². The molecule has 1 aliphatic rings. The lowest BCUT2D eigenvalue weighted by atomic mass is 10.3. The first-order chi connectivity index (χ1) is 12.2. The highest BCUT2D eigenvalue weighted by Gasteiger charge is 2.11. The molecule has 1 aliphatic heterocycles. The first-order valence-corrected chi connectivity index (χ1v) is 8.53. The third-order valence-electron chi connectivity index (χ3n) is 3.80. The Morgan fingerprint density at radius 1 is 1.19 bits per heavy atom. The van der Waals surface area contributed by atoms with E-state index in [0.717, 1.165) is 41.6 Å². The van der Waals surface area contributed by atoms with E-state index in [0.29, 0.717) is 31.6 Å². The second-order valence-electron chi connectivity index (χ2n) is 5.78. The van der Waals surface area contributed by atoms with E-state index in [1.807, 2.05) is 39.0 Å². The highest BCUT2D eigenvalue weighted by molar-refractivity contribution is 14.0. The standard InChI is InChI=1S/C18H24N4O3.HI/c1-4-19-18(20-11-17-21-12(2)13(3)25-17)22-14-6-7-15-16(10-14)24-9-5-8-23-15;/h6-7,10H,4-5,8-9,11H2,1-3H3,(H2,19,20,22);1H. The zero-order valence-electron chi connectivity index (χ0n) is 15.3. The Kier molecular flexibility index (Phi) is 7.55. The number of fused-ring (bicyclic) bond motifs is 1. The Morgan fingerprint density at radius 3 is 2.65 bits per heavy atom. The molecule has 0 saturated carbocycles. The van der Waals surface area contributed by atoms with E-state index in [1.54, 1.807) is 0 Å². The lowest BCUT2D eigenvalue weighted by molar-refractivity contribution is 0.297. The molecule has 7 nitrogen and oxygen atoms in total. The minimum atomic E-state index is 0. The summed E-state index contributed by atoms with van der Waals surface area (Å²) in [5, 5.41) is 6.49. The first kappa shape index (κ1) is 20.3. The van der Waals surface area contributed by atoms with Gasteiger partial charge in [-0.1, -0.05) is 0 Å². The van der Waals surface area contributed by atoms with Gasteiger partial charge in [0.05, 0.1) is 18.9 Å². The van der Waals surface area contributed by atoms with Crippen LogP contribution in [0.15, 0.2) is 27.6 Å². The SMILES string of the molecule is CCNC(=NCc1nc(C)c(C)o1)Nc1ccc2c(c1)OCCCO2.I. The quantitative estimate of drug-likeness (QED) is 0.402. The molecule has 1 aromatic heterocycles. The van der Waals surface area contributed by atoms with Crippen molar-refractivity contribution in [1.82, 2.24) is 10.3 Å². The van der Waals surface area contributed by atoms with E-state index < -0.39 is 0 Å². The van der Waals surface area contributed by atoms with Gasteiger partial charge in [0.1, 0.15) is 12.3 Å². The lowest BCUT2D eigenvalue weighted by Gasteiger charge is -2.13. The van der Waals surface area contributed by atoms with Gasteiger partial charge in [-0.25, -0.2) is 9.98 Å². The smallest absolute Gasteiger partial charge is 0.216 e. The van der Waals surface area contributed by atoms with Crippen LogP contribution in [0.2, 0.25) is 0 Å². The Hall–Kier alpha value is -1.97. The zero-order chi connectivity index (χ0) is 17.6. The van der Waals surface area contributed by atoms with E-state index in [-0.39, 0.29) is 24.0 Å². The third kappa shape index (κ3) is 5.26. The first-order valence-electron chi connectivity index (χ1n) is 8.53. The summed E-state index contributed by atoms with van der Waals surface area (Å²) in [7, 11) is 0. The number of guanidine groups is 1. The van der Waals surface area contributed by atoms with Crippen molar-refractivity contribution < 1.29 is 13.9 Å². The fraction of sp³-hybridized carbons (Fsp3) is 0.444. The van der Waals surface area contributed by atoms with Gasteiger partial charge in [0.2, 0.25) is 5.89 Å². The van der Waals surface area contributed by atoms with Crippen LogP contribution in [0.4, 0.5) is 5.69 Å². The number of nitrogens with zero attached hydrogens (tertiary/aromatic N) is 2. The van der Waals surface area contributed by atoms with E-state index in [1.165, 1.54) is 0 Å². The predicted octanol–water partition coefficient (Wildman–Crippen LogP) is 3.65. The van der Waals surface area contributed by atoms with Gasteiger partial charge in [0, 0.05) is 24.7 Å². The molecule has 2 heterocycles. The third-order valence-corrected chi connectivity index (χ3v) is 3.80. The van der Waals surface area contributed by atoms with Crippen LogP contribution in [0, 0.1) is 13.8 Å². The fourth-order valence-electron chi connectivity index (χ4n) is 2.44. The van der Waals surface area contributed by atoms with Gasteiger partial charge in [-0.15, -0.1) is 24.0 Å². The van der Waals surface area contributed by atoms with Crippen molar-refractivity contribution >= 4 is 35.6 Å². The monoisotopic (exact) mass is 472 g/mol. The van der Waals surface area contributed by atoms with Crippen molar-refractivity contribution in [3.8, 4) is 11.5 Å². The minimum absolute atomic E-state index is 0. The van der Waals surface area contributed by atoms with Crippen molar-refractivity contribution in [2.45, 2.75) is 33.7 Å². The molecule has 0 bridgehead atoms. The average Bonchev–Trinajstić information content (AvgIpc) is 2.79. The number of oxazole rings is 1. The molecule has 0 atom stereocenters. The van der Waals surface area contributed by atoms with Crippen LogP contribution < -0.4 is 20.1 Å². The highest BCUT2D eigenvalue weighted by atomic mass is 127. The number of aryl methyl sites for hydroxylation is 2. The summed E-state index contributed by atoms with van der Waals surface area (Å²) < 4.78 is 17.0. The summed E-state index contributed by atoms with van der Waals surface area (Å²) in [4.78, 5) is 8.88. The second-order valence-corrected chi connectivity index (χ2v) is 5.78. The van der Waals surface area contributed by atoms with E-state index in [4.69, 9.17) is 13.9 Å². The summed E-state index contributed by atoms with van der Waals surface area (Å²) in [6.45, 7) is 8.30. The Balaban J connectivity index is 0.00000243. The molecule has 8 heteroatoms. The molecule has 0 spiro atoms. The largest absolute Gasteiger partial charge is 0.490 e. The van der Waals surface area contributed by atoms with Gasteiger partial charge < -0.3 is 24.5 Å². The van der Waals surface area contributed by atoms with Crippen LogP contribution >= 0.6 is 24.0 Å². The molecule has 0 aliphatic carbocycles. The molecule has 142 valence electrons. The van der Waals surface area contributed by atoms with Crippen LogP contribution in [0.3, 0.4) is 0 Å². The number of halogens is 1. The van der Waals surface area contributed by atoms with Crippen molar-refractivity contribution in [3.05, 3.63) is 35.5 Å². The van der Waals surface area contributed by atoms with Gasteiger partial charge in [-0.3, -0.25) is 0 Å². The fourth-order valence-corrected chi connectivity index (χ4v) is 2.44. The maximum Gasteiger partial charge on any atom is 0.216 e. The van der Waals surface area contributed by atoms with Gasteiger partial charge in [-0.05, 0) is 32.9 Å². The van der Waals surface area contributed by atoms with Crippen molar-refractivity contribution in [2.24, 2.45) is 4.99 Å². The van der Waals surface area contributed by atoms with Gasteiger partial charge in [0.15, 0.2) is 17.5 Å². The number of aromatic nitrogens is 1. The summed E-state index contributed by atoms with van der Waals surface area (Å²) in [6, 6.07) is 5.78. The molecule has 0 amide bonds. The molecule has 0 saturated heterocycles. The number of anilines is 1. The van der Waals surface area contributed by atoms with Crippen LogP contribution in [0.25, 0.3) is 0 Å².